The van der Waals surface area contributed by atoms with Gasteiger partial charge in [0.25, 0.3) is 0 Å². The smallest absolute Gasteiger partial charge is 0.307 e. The number of nitrogens with one attached hydrogen (secondary N) is 2. The lowest BCUT2D eigenvalue weighted by Crippen LogP contribution is -2.37. The van der Waals surface area contributed by atoms with Gasteiger partial charge < -0.3 is 20.5 Å². The van der Waals surface area contributed by atoms with Gasteiger partial charge in [-0.25, -0.2) is 0 Å². The van der Waals surface area contributed by atoms with Crippen molar-refractivity contribution in [2.24, 2.45) is 11.8 Å². The lowest BCUT2D eigenvalue weighted by molar-refractivity contribution is -0.146. The predicted molar refractivity (Wildman–Crippen MR) is 68.5 cm³/mol. The first-order chi connectivity index (χ1) is 8.90. The van der Waals surface area contributed by atoms with Gasteiger partial charge in [-0.05, 0) is 0 Å². The molecule has 0 aromatic rings. The summed E-state index contributed by atoms with van der Waals surface area (Å²) < 4.78 is 4.78. The van der Waals surface area contributed by atoms with Crippen molar-refractivity contribution in [3.8, 4) is 0 Å². The van der Waals surface area contributed by atoms with Crippen molar-refractivity contribution < 1.29 is 24.2 Å². The van der Waals surface area contributed by atoms with E-state index in [-0.39, 0.29) is 24.8 Å². The summed E-state index contributed by atoms with van der Waals surface area (Å²) in [6, 6.07) is 0. The summed E-state index contributed by atoms with van der Waals surface area (Å²) >= 11 is 0. The minimum absolute atomic E-state index is 0.156. The molecule has 7 heteroatoms. The van der Waals surface area contributed by atoms with E-state index in [1.807, 2.05) is 0 Å². The first kappa shape index (κ1) is 17.4. The number of aliphatic carboxylic acids is 1. The quantitative estimate of drug-likeness (QED) is 0.497. The molecule has 0 aliphatic carbocycles. The van der Waals surface area contributed by atoms with Crippen LogP contribution in [0.25, 0.3) is 0 Å². The molecule has 0 bridgehead atoms. The summed E-state index contributed by atoms with van der Waals surface area (Å²) in [4.78, 5) is 33.6. The monoisotopic (exact) mass is 274 g/mol. The second-order valence-corrected chi connectivity index (χ2v) is 4.30. The number of amides is 2. The van der Waals surface area contributed by atoms with Gasteiger partial charge in [-0.3, -0.25) is 14.4 Å². The van der Waals surface area contributed by atoms with Crippen LogP contribution in [0.3, 0.4) is 0 Å². The topological polar surface area (TPSA) is 105 Å². The lowest BCUT2D eigenvalue weighted by Gasteiger charge is -2.15. The van der Waals surface area contributed by atoms with Crippen LogP contribution in [0, 0.1) is 11.8 Å². The van der Waals surface area contributed by atoms with E-state index in [0.717, 1.165) is 0 Å². The van der Waals surface area contributed by atoms with Crippen molar-refractivity contribution >= 4 is 17.8 Å². The van der Waals surface area contributed by atoms with Gasteiger partial charge in [0.1, 0.15) is 0 Å². The molecule has 0 fully saturated rings. The van der Waals surface area contributed by atoms with E-state index in [1.54, 1.807) is 6.92 Å². The van der Waals surface area contributed by atoms with Gasteiger partial charge in [0.2, 0.25) is 11.8 Å². The Bertz CT molecular complexity index is 319. The lowest BCUT2D eigenvalue weighted by atomic mass is 9.95. The molecule has 0 aliphatic rings. The maximum absolute atomic E-state index is 11.6. The Morgan fingerprint density at radius 3 is 2.26 bits per heavy atom. The second kappa shape index (κ2) is 9.32. The average molecular weight is 274 g/mol. The SMILES string of the molecule is COCCNC(=O)CCNC(=O)C(C)C(C)C(=O)O. The third kappa shape index (κ3) is 7.40. The minimum atomic E-state index is -1.01. The summed E-state index contributed by atoms with van der Waals surface area (Å²) in [5, 5.41) is 13.9. The molecule has 0 heterocycles. The first-order valence-corrected chi connectivity index (χ1v) is 6.16. The van der Waals surface area contributed by atoms with Gasteiger partial charge in [0, 0.05) is 32.5 Å². The normalized spacial score (nSPS) is 13.4. The summed E-state index contributed by atoms with van der Waals surface area (Å²) in [5.74, 6) is -2.94. The zero-order chi connectivity index (χ0) is 14.8. The standard InChI is InChI=1S/C12H22N2O5/c1-8(9(2)12(17)18)11(16)14-5-4-10(15)13-6-7-19-3/h8-9H,4-7H2,1-3H3,(H,13,15)(H,14,16)(H,17,18). The molecule has 0 aromatic carbocycles. The van der Waals surface area contributed by atoms with Crippen molar-refractivity contribution in [3.05, 3.63) is 0 Å². The number of ether oxygens (including phenoxy) is 1. The molecule has 2 unspecified atom stereocenters. The number of methoxy groups -OCH3 is 1. The molecule has 19 heavy (non-hydrogen) atoms. The third-order valence-corrected chi connectivity index (χ3v) is 2.83. The molecule has 0 rings (SSSR count). The fraction of sp³-hybridized carbons (Fsp3) is 0.750. The maximum Gasteiger partial charge on any atom is 0.307 e. The molecule has 0 aliphatic heterocycles. The fourth-order valence-corrected chi connectivity index (χ4v) is 1.28. The molecule has 0 spiro atoms. The molecule has 110 valence electrons. The third-order valence-electron chi connectivity index (χ3n) is 2.83. The summed E-state index contributed by atoms with van der Waals surface area (Å²) in [7, 11) is 1.54. The maximum atomic E-state index is 11.6. The molecule has 2 amide bonds. The molecule has 0 saturated heterocycles. The number of carbonyl (C=O) groups is 3. The van der Waals surface area contributed by atoms with Gasteiger partial charge in [-0.15, -0.1) is 0 Å². The van der Waals surface area contributed by atoms with E-state index in [4.69, 9.17) is 9.84 Å². The van der Waals surface area contributed by atoms with Gasteiger partial charge in [-0.2, -0.15) is 0 Å². The van der Waals surface area contributed by atoms with Crippen LogP contribution in [0.5, 0.6) is 0 Å². The second-order valence-electron chi connectivity index (χ2n) is 4.30. The zero-order valence-corrected chi connectivity index (χ0v) is 11.6. The van der Waals surface area contributed by atoms with E-state index in [0.29, 0.717) is 13.2 Å². The van der Waals surface area contributed by atoms with Crippen molar-refractivity contribution in [2.75, 3.05) is 26.8 Å². The Morgan fingerprint density at radius 1 is 1.11 bits per heavy atom. The fourth-order valence-electron chi connectivity index (χ4n) is 1.28. The highest BCUT2D eigenvalue weighted by Crippen LogP contribution is 2.10. The minimum Gasteiger partial charge on any atom is -0.481 e. The van der Waals surface area contributed by atoms with Crippen LogP contribution in [-0.4, -0.2) is 49.7 Å². The molecule has 3 N–H and O–H groups in total. The van der Waals surface area contributed by atoms with Crippen molar-refractivity contribution in [2.45, 2.75) is 20.3 Å². The molecule has 0 saturated carbocycles. The Kier molecular flexibility index (Phi) is 8.52. The molecule has 0 aromatic heterocycles. The predicted octanol–water partition coefficient (Wildman–Crippen LogP) is -0.388. The van der Waals surface area contributed by atoms with Crippen LogP contribution < -0.4 is 10.6 Å². The Hall–Kier alpha value is -1.63. The van der Waals surface area contributed by atoms with Gasteiger partial charge in [0.05, 0.1) is 12.5 Å². The number of carboxylic acid groups (broad SMARTS) is 1. The first-order valence-electron chi connectivity index (χ1n) is 6.16. The Balaban J connectivity index is 3.85. The molecule has 0 radical (unpaired) electrons. The van der Waals surface area contributed by atoms with E-state index >= 15 is 0 Å². The number of carbonyl (C=O) groups excluding carboxylic acids is 2. The van der Waals surface area contributed by atoms with Gasteiger partial charge in [-0.1, -0.05) is 13.8 Å². The number of carboxylic acids is 1. The van der Waals surface area contributed by atoms with E-state index in [1.165, 1.54) is 14.0 Å². The number of hydrogen-bond acceptors (Lipinski definition) is 4. The summed E-state index contributed by atoms with van der Waals surface area (Å²) in [5.41, 5.74) is 0. The van der Waals surface area contributed by atoms with Crippen molar-refractivity contribution in [3.63, 3.8) is 0 Å². The molecular formula is C12H22N2O5. The van der Waals surface area contributed by atoms with Crippen LogP contribution in [-0.2, 0) is 19.1 Å². The van der Waals surface area contributed by atoms with Crippen LogP contribution in [0.1, 0.15) is 20.3 Å². The Labute approximate surface area is 112 Å². The molecular weight excluding hydrogens is 252 g/mol. The van der Waals surface area contributed by atoms with Crippen molar-refractivity contribution in [1.82, 2.24) is 10.6 Å². The summed E-state index contributed by atoms with van der Waals surface area (Å²) in [6.45, 7) is 4.08. The summed E-state index contributed by atoms with van der Waals surface area (Å²) in [6.07, 6.45) is 0.156. The van der Waals surface area contributed by atoms with E-state index in [2.05, 4.69) is 10.6 Å². The average Bonchev–Trinajstić information content (AvgIpc) is 2.37. The van der Waals surface area contributed by atoms with Crippen LogP contribution in [0.15, 0.2) is 0 Å². The number of rotatable bonds is 9. The van der Waals surface area contributed by atoms with Gasteiger partial charge in [0.15, 0.2) is 0 Å². The highest BCUT2D eigenvalue weighted by Gasteiger charge is 2.25. The van der Waals surface area contributed by atoms with E-state index < -0.39 is 17.8 Å². The molecule has 2 atom stereocenters. The Morgan fingerprint density at radius 2 is 1.74 bits per heavy atom. The molecule has 7 nitrogen and oxygen atoms in total. The van der Waals surface area contributed by atoms with Crippen molar-refractivity contribution in [1.29, 1.82) is 0 Å². The van der Waals surface area contributed by atoms with Crippen LogP contribution in [0.4, 0.5) is 0 Å². The number of hydrogen-bond donors (Lipinski definition) is 3. The van der Waals surface area contributed by atoms with E-state index in [9.17, 15) is 14.4 Å². The highest BCUT2D eigenvalue weighted by atomic mass is 16.5. The van der Waals surface area contributed by atoms with Gasteiger partial charge >= 0.3 is 5.97 Å². The van der Waals surface area contributed by atoms with Crippen LogP contribution in [0.2, 0.25) is 0 Å². The largest absolute Gasteiger partial charge is 0.481 e. The van der Waals surface area contributed by atoms with Crippen LogP contribution >= 0.6 is 0 Å². The highest BCUT2D eigenvalue weighted by molar-refractivity contribution is 5.84. The zero-order valence-electron chi connectivity index (χ0n) is 11.6.